The van der Waals surface area contributed by atoms with Gasteiger partial charge in [0.1, 0.15) is 40.2 Å². The number of nitrogens with zero attached hydrogens (tertiary/aromatic N) is 4. The Morgan fingerprint density at radius 2 is 1.48 bits per heavy atom. The van der Waals surface area contributed by atoms with Crippen molar-refractivity contribution in [1.82, 2.24) is 14.6 Å². The number of aliphatic carboxylic acids is 2. The molecule has 3 heterocycles. The lowest BCUT2D eigenvalue weighted by Gasteiger charge is -2.45. The summed E-state index contributed by atoms with van der Waals surface area (Å²) in [6.07, 6.45) is -5.09. The molecule has 1 aromatic heterocycles. The molecule has 0 bridgehead atoms. The number of quaternary nitrogens is 2. The normalized spacial score (nSPS) is 16.4. The Labute approximate surface area is 384 Å². The minimum Gasteiger partial charge on any atom is -0.542 e. The number of pyridine rings is 1. The van der Waals surface area contributed by atoms with Crippen LogP contribution in [0.5, 0.6) is 5.75 Å². The maximum absolute atomic E-state index is 14.3. The number of hydrogen-bond acceptors (Lipinski definition) is 10. The fourth-order valence-corrected chi connectivity index (χ4v) is 9.55. The van der Waals surface area contributed by atoms with Gasteiger partial charge in [0.2, 0.25) is 15.9 Å². The minimum absolute atomic E-state index is 0.0475. The molecule has 364 valence electrons. The van der Waals surface area contributed by atoms with Crippen LogP contribution in [0, 0.1) is 13.8 Å². The van der Waals surface area contributed by atoms with Gasteiger partial charge in [-0.05, 0) is 82.2 Å². The molecule has 0 aliphatic carbocycles. The summed E-state index contributed by atoms with van der Waals surface area (Å²) in [5.74, 6) is -5.68. The van der Waals surface area contributed by atoms with Crippen LogP contribution in [0.25, 0.3) is 10.9 Å². The third kappa shape index (κ3) is 16.4. The largest absolute Gasteiger partial charge is 0.542 e. The Morgan fingerprint density at radius 1 is 0.923 bits per heavy atom. The van der Waals surface area contributed by atoms with Gasteiger partial charge in [0, 0.05) is 34.9 Å². The first-order valence-corrected chi connectivity index (χ1v) is 22.7. The fraction of sp³-hybridized carbons (Fsp3) is 0.571. The summed E-state index contributed by atoms with van der Waals surface area (Å²) in [6, 6.07) is 10.6. The zero-order valence-corrected chi connectivity index (χ0v) is 39.3. The molecule has 1 N–H and O–H groups in total. The van der Waals surface area contributed by atoms with Crippen LogP contribution in [0.3, 0.4) is 0 Å². The van der Waals surface area contributed by atoms with E-state index in [-0.39, 0.29) is 53.5 Å². The summed E-state index contributed by atoms with van der Waals surface area (Å²) in [6.45, 7) is 9.50. The summed E-state index contributed by atoms with van der Waals surface area (Å²) in [4.78, 5) is 38.2. The first-order valence-electron chi connectivity index (χ1n) is 20.5. The second-order valence-electron chi connectivity index (χ2n) is 17.2. The molecule has 2 aliphatic rings. The molecule has 23 heteroatoms. The fourth-order valence-electron chi connectivity index (χ4n) is 7.24. The number of sulfonamides is 1. The number of fused-ring (bicyclic) bond motifs is 1. The molecular formula is C42H55Cl2F6N5O9S. The average molecular weight is 991 g/mol. The zero-order chi connectivity index (χ0) is 49.2. The summed E-state index contributed by atoms with van der Waals surface area (Å²) in [7, 11) is 4.69. The summed E-state index contributed by atoms with van der Waals surface area (Å²) in [5.41, 5.74) is 1.63. The Bertz CT molecular complexity index is 2220. The number of halogens is 8. The number of aryl methyl sites for hydroxylation is 2. The number of nitrogens with one attached hydrogen (secondary N) is 1. The van der Waals surface area contributed by atoms with Crippen LogP contribution in [0.1, 0.15) is 55.3 Å². The highest BCUT2D eigenvalue weighted by molar-refractivity contribution is 7.89. The first-order chi connectivity index (χ1) is 29.9. The number of likely N-dealkylation sites (N-methyl/N-ethyl adjacent to an activating group) is 1. The number of amides is 1. The topological polar surface area (TPSA) is 178 Å². The van der Waals surface area contributed by atoms with Gasteiger partial charge in [-0.15, -0.1) is 0 Å². The van der Waals surface area contributed by atoms with Crippen molar-refractivity contribution in [2.75, 3.05) is 80.7 Å². The van der Waals surface area contributed by atoms with E-state index in [9.17, 15) is 39.6 Å². The molecular weight excluding hydrogens is 935 g/mol. The molecule has 14 nitrogen and oxygen atoms in total. The Hall–Kier alpha value is -3.99. The van der Waals surface area contributed by atoms with E-state index in [2.05, 4.69) is 37.9 Å². The van der Waals surface area contributed by atoms with Crippen LogP contribution in [-0.2, 0) is 35.8 Å². The summed E-state index contributed by atoms with van der Waals surface area (Å²) in [5, 5.41) is 18.8. The van der Waals surface area contributed by atoms with Crippen molar-refractivity contribution in [3.63, 3.8) is 0 Å². The van der Waals surface area contributed by atoms with Gasteiger partial charge in [-0.1, -0.05) is 35.3 Å². The van der Waals surface area contributed by atoms with E-state index in [1.54, 1.807) is 0 Å². The third-order valence-corrected chi connectivity index (χ3v) is 13.4. The molecule has 2 saturated heterocycles. The highest BCUT2D eigenvalue weighted by atomic mass is 35.5. The van der Waals surface area contributed by atoms with Crippen LogP contribution in [0.15, 0.2) is 41.3 Å². The number of benzene rings is 2. The molecule has 2 aliphatic heterocycles. The van der Waals surface area contributed by atoms with Crippen molar-refractivity contribution in [2.24, 2.45) is 0 Å². The lowest BCUT2D eigenvalue weighted by molar-refractivity contribution is -0.913. The number of carboxylic acids is 2. The van der Waals surface area contributed by atoms with Crippen LogP contribution < -0.4 is 19.7 Å². The van der Waals surface area contributed by atoms with E-state index in [1.807, 2.05) is 43.0 Å². The summed E-state index contributed by atoms with van der Waals surface area (Å²) >= 11 is 13.4. The summed E-state index contributed by atoms with van der Waals surface area (Å²) < 4.78 is 108. The molecule has 0 spiro atoms. The number of para-hydroxylation sites is 1. The van der Waals surface area contributed by atoms with Crippen molar-refractivity contribution in [3.8, 4) is 5.75 Å². The number of carbonyl (C=O) groups excluding carboxylic acids is 3. The van der Waals surface area contributed by atoms with E-state index in [1.165, 1.54) is 37.9 Å². The maximum atomic E-state index is 14.3. The van der Waals surface area contributed by atoms with Crippen LogP contribution in [-0.4, -0.2) is 144 Å². The van der Waals surface area contributed by atoms with Gasteiger partial charge < -0.3 is 43.1 Å². The predicted molar refractivity (Wildman–Crippen MR) is 226 cm³/mol. The Kier molecular flexibility index (Phi) is 19.3. The lowest BCUT2D eigenvalue weighted by atomic mass is 9.89. The smallest absolute Gasteiger partial charge is 0.430 e. The monoisotopic (exact) mass is 989 g/mol. The standard InChI is InChI=1S/C38H55Cl2N5O5S.2C2HF3O2/c1-28-26-29(2)41-36-30(28)12-11-13-33(36)50-27-31-32(39)14-15-34(35(31)40)51(47,48)42-38(16-24-49-25-17-38)37(46)43-18-22-45(6,23-19-43)21-10-8-7-9-20-44(3,4)5;2*3-2(4,5)1(6)7/h11-15,26,42H,7-10,16-25,27H2,1-6H3;2*(H,6,7)/q+2;;/p-2. The number of piperazine rings is 1. The average Bonchev–Trinajstić information content (AvgIpc) is 3.18. The number of alkyl halides is 6. The number of hydrogen-bond donors (Lipinski definition) is 1. The first kappa shape index (κ1) is 55.3. The Morgan fingerprint density at radius 3 is 2.02 bits per heavy atom. The molecule has 5 rings (SSSR count). The maximum Gasteiger partial charge on any atom is 0.430 e. The molecule has 0 unspecified atom stereocenters. The van der Waals surface area contributed by atoms with Gasteiger partial charge >= 0.3 is 12.4 Å². The van der Waals surface area contributed by atoms with Crippen LogP contribution >= 0.6 is 23.2 Å². The number of ether oxygens (including phenoxy) is 2. The van der Waals surface area contributed by atoms with Gasteiger partial charge in [0.05, 0.1) is 72.5 Å². The van der Waals surface area contributed by atoms with Crippen molar-refractivity contribution >= 4 is 62.0 Å². The van der Waals surface area contributed by atoms with E-state index < -0.39 is 39.9 Å². The van der Waals surface area contributed by atoms with Crippen LogP contribution in [0.2, 0.25) is 10.0 Å². The number of unbranched alkanes of at least 4 members (excludes halogenated alkanes) is 3. The van der Waals surface area contributed by atoms with Crippen LogP contribution in [0.4, 0.5) is 26.3 Å². The second-order valence-corrected chi connectivity index (χ2v) is 19.7. The van der Waals surface area contributed by atoms with Gasteiger partial charge in [0.15, 0.2) is 0 Å². The molecule has 2 aromatic carbocycles. The van der Waals surface area contributed by atoms with E-state index in [0.29, 0.717) is 29.9 Å². The number of carboxylic acid groups (broad SMARTS) is 2. The minimum atomic E-state index is -5.19. The van der Waals surface area contributed by atoms with Crippen molar-refractivity contribution < 1.29 is 77.8 Å². The van der Waals surface area contributed by atoms with Crippen molar-refractivity contribution in [1.29, 1.82) is 0 Å². The molecule has 1 amide bonds. The van der Waals surface area contributed by atoms with Crippen molar-refractivity contribution in [2.45, 2.75) is 81.8 Å². The predicted octanol–water partition coefficient (Wildman–Crippen LogP) is 4.72. The molecule has 2 fully saturated rings. The number of rotatable bonds is 14. The van der Waals surface area contributed by atoms with Crippen molar-refractivity contribution in [3.05, 3.63) is 63.3 Å². The van der Waals surface area contributed by atoms with Gasteiger partial charge in [-0.25, -0.2) is 13.4 Å². The quantitative estimate of drug-likeness (QED) is 0.135. The highest BCUT2D eigenvalue weighted by Gasteiger charge is 2.47. The van der Waals surface area contributed by atoms with E-state index >= 15 is 0 Å². The third-order valence-electron chi connectivity index (χ3n) is 10.9. The highest BCUT2D eigenvalue weighted by Crippen LogP contribution is 2.36. The van der Waals surface area contributed by atoms with Gasteiger partial charge in [-0.2, -0.15) is 31.1 Å². The molecule has 0 saturated carbocycles. The zero-order valence-electron chi connectivity index (χ0n) is 37.0. The molecule has 0 atom stereocenters. The van der Waals surface area contributed by atoms with Gasteiger partial charge in [0.25, 0.3) is 0 Å². The van der Waals surface area contributed by atoms with E-state index in [4.69, 9.17) is 52.5 Å². The Balaban J connectivity index is 0.000000693. The van der Waals surface area contributed by atoms with Gasteiger partial charge in [-0.3, -0.25) is 4.79 Å². The second kappa shape index (κ2) is 22.7. The molecule has 65 heavy (non-hydrogen) atoms. The molecule has 3 aromatic rings. The van der Waals surface area contributed by atoms with E-state index in [0.717, 1.165) is 51.7 Å². The molecule has 0 radical (unpaired) electrons. The number of aromatic nitrogens is 1. The SMILES string of the molecule is Cc1cc(C)c2cccc(OCc3c(Cl)ccc(S(=O)(=O)NC4(C(=O)N5CC[N+](C)(CCCCCC[N+](C)(C)C)CC5)CCOCC4)c3Cl)c2n1.O=C([O-])C(F)(F)F.O=C([O-])C(F)(F)F. The number of carbonyl (C=O) groups is 3. The lowest BCUT2D eigenvalue weighted by Crippen LogP contribution is -2.66.